The van der Waals surface area contributed by atoms with Crippen LogP contribution in [-0.4, -0.2) is 16.0 Å². The van der Waals surface area contributed by atoms with Crippen LogP contribution in [0.4, 0.5) is 11.4 Å². The molecule has 21 heavy (non-hydrogen) atoms. The Labute approximate surface area is 123 Å². The zero-order valence-corrected chi connectivity index (χ0v) is 12.0. The molecule has 0 aromatic heterocycles. The molecule has 0 spiro atoms. The molecule has 6 heteroatoms. The first kappa shape index (κ1) is 15.3. The van der Waals surface area contributed by atoms with Crippen LogP contribution < -0.4 is 5.73 Å². The number of benzene rings is 1. The molecule has 6 nitrogen and oxygen atoms in total. The first-order chi connectivity index (χ1) is 9.90. The van der Waals surface area contributed by atoms with Gasteiger partial charge in [-0.3, -0.25) is 14.9 Å². The molecule has 3 atom stereocenters. The number of carboxylic acids is 1. The second kappa shape index (κ2) is 6.11. The van der Waals surface area contributed by atoms with Gasteiger partial charge >= 0.3 is 5.97 Å². The Kier molecular flexibility index (Phi) is 4.45. The van der Waals surface area contributed by atoms with E-state index in [1.807, 2.05) is 0 Å². The molecule has 0 amide bonds. The lowest BCUT2D eigenvalue weighted by Gasteiger charge is -2.31. The monoisotopic (exact) mass is 292 g/mol. The zero-order chi connectivity index (χ0) is 15.6. The lowest BCUT2D eigenvalue weighted by Crippen LogP contribution is -2.27. The van der Waals surface area contributed by atoms with E-state index in [4.69, 9.17) is 5.73 Å². The van der Waals surface area contributed by atoms with Gasteiger partial charge in [0.2, 0.25) is 0 Å². The summed E-state index contributed by atoms with van der Waals surface area (Å²) in [5.74, 6) is -1.27. The van der Waals surface area contributed by atoms with Crippen LogP contribution in [0.25, 0.3) is 0 Å². The molecule has 3 unspecified atom stereocenters. The van der Waals surface area contributed by atoms with Gasteiger partial charge in [0.25, 0.3) is 5.69 Å². The average molecular weight is 292 g/mol. The van der Waals surface area contributed by atoms with E-state index in [9.17, 15) is 20.0 Å². The lowest BCUT2D eigenvalue weighted by molar-refractivity contribution is -0.384. The second-order valence-corrected chi connectivity index (χ2v) is 5.92. The van der Waals surface area contributed by atoms with Crippen molar-refractivity contribution in [3.8, 4) is 0 Å². The maximum absolute atomic E-state index is 11.7. The molecule has 1 fully saturated rings. The molecule has 1 aliphatic rings. The minimum atomic E-state index is -0.957. The first-order valence-corrected chi connectivity index (χ1v) is 7.16. The van der Waals surface area contributed by atoms with Crippen molar-refractivity contribution in [3.63, 3.8) is 0 Å². The number of aliphatic carboxylic acids is 1. The number of carbonyl (C=O) groups is 1. The molecule has 2 rings (SSSR count). The number of hydrogen-bond donors (Lipinski definition) is 2. The maximum atomic E-state index is 11.7. The fourth-order valence-corrected chi connectivity index (χ4v) is 3.32. The van der Waals surface area contributed by atoms with E-state index in [1.165, 1.54) is 18.2 Å². The van der Waals surface area contributed by atoms with E-state index in [1.54, 1.807) is 0 Å². The summed E-state index contributed by atoms with van der Waals surface area (Å²) < 4.78 is 0. The first-order valence-electron chi connectivity index (χ1n) is 7.16. The number of non-ortho nitro benzene ring substituents is 1. The van der Waals surface area contributed by atoms with Gasteiger partial charge < -0.3 is 10.8 Å². The predicted octanol–water partition coefficient (Wildman–Crippen LogP) is 3.17. The van der Waals surface area contributed by atoms with Crippen molar-refractivity contribution in [2.75, 3.05) is 5.73 Å². The average Bonchev–Trinajstić information content (AvgIpc) is 2.40. The van der Waals surface area contributed by atoms with Crippen molar-refractivity contribution >= 4 is 17.3 Å². The molecule has 0 saturated heterocycles. The molecule has 3 N–H and O–H groups in total. The van der Waals surface area contributed by atoms with Crippen molar-refractivity contribution in [1.82, 2.24) is 0 Å². The number of nitrogens with zero attached hydrogens (tertiary/aromatic N) is 1. The Hall–Kier alpha value is -2.11. The molecular formula is C15H20N2O4. The summed E-state index contributed by atoms with van der Waals surface area (Å²) in [5, 5.41) is 20.5. The van der Waals surface area contributed by atoms with E-state index in [0.29, 0.717) is 17.2 Å². The van der Waals surface area contributed by atoms with Crippen molar-refractivity contribution in [3.05, 3.63) is 33.9 Å². The molecule has 114 valence electrons. The third kappa shape index (κ3) is 3.32. The SMILES string of the molecule is CC1CCCC(C(C(=O)O)c2cc([N+](=O)[O-])ccc2N)C1. The van der Waals surface area contributed by atoms with Crippen molar-refractivity contribution in [2.24, 2.45) is 11.8 Å². The fourth-order valence-electron chi connectivity index (χ4n) is 3.32. The van der Waals surface area contributed by atoms with Crippen LogP contribution in [0, 0.1) is 22.0 Å². The quantitative estimate of drug-likeness (QED) is 0.503. The van der Waals surface area contributed by atoms with Gasteiger partial charge in [-0.2, -0.15) is 0 Å². The molecule has 1 aromatic rings. The summed E-state index contributed by atoms with van der Waals surface area (Å²) in [7, 11) is 0. The number of anilines is 1. The van der Waals surface area contributed by atoms with Crippen LogP contribution >= 0.6 is 0 Å². The molecule has 0 heterocycles. The van der Waals surface area contributed by atoms with Crippen LogP contribution in [0.3, 0.4) is 0 Å². The number of nitrogens with two attached hydrogens (primary N) is 1. The third-order valence-corrected chi connectivity index (χ3v) is 4.33. The van der Waals surface area contributed by atoms with E-state index in [-0.39, 0.29) is 11.6 Å². The van der Waals surface area contributed by atoms with Crippen molar-refractivity contribution in [1.29, 1.82) is 0 Å². The van der Waals surface area contributed by atoms with E-state index in [2.05, 4.69) is 6.92 Å². The highest BCUT2D eigenvalue weighted by atomic mass is 16.6. The van der Waals surface area contributed by atoms with E-state index < -0.39 is 16.8 Å². The van der Waals surface area contributed by atoms with Crippen molar-refractivity contribution in [2.45, 2.75) is 38.5 Å². The Morgan fingerprint density at radius 2 is 2.19 bits per heavy atom. The van der Waals surface area contributed by atoms with Gasteiger partial charge in [-0.15, -0.1) is 0 Å². The number of nitro benzene ring substituents is 1. The predicted molar refractivity (Wildman–Crippen MR) is 79.0 cm³/mol. The Morgan fingerprint density at radius 3 is 2.76 bits per heavy atom. The highest BCUT2D eigenvalue weighted by Crippen LogP contribution is 2.41. The van der Waals surface area contributed by atoms with Crippen LogP contribution in [0.2, 0.25) is 0 Å². The Balaban J connectivity index is 2.40. The second-order valence-electron chi connectivity index (χ2n) is 5.92. The van der Waals surface area contributed by atoms with Crippen LogP contribution in [-0.2, 0) is 4.79 Å². The molecule has 0 aliphatic heterocycles. The zero-order valence-electron chi connectivity index (χ0n) is 12.0. The van der Waals surface area contributed by atoms with Gasteiger partial charge in [0, 0.05) is 17.8 Å². The molecular weight excluding hydrogens is 272 g/mol. The molecule has 0 bridgehead atoms. The van der Waals surface area contributed by atoms with Gasteiger partial charge in [0.05, 0.1) is 10.8 Å². The van der Waals surface area contributed by atoms with E-state index in [0.717, 1.165) is 25.7 Å². The summed E-state index contributed by atoms with van der Waals surface area (Å²) in [4.78, 5) is 22.1. The summed E-state index contributed by atoms with van der Waals surface area (Å²) in [5.41, 5.74) is 6.45. The topological polar surface area (TPSA) is 106 Å². The number of nitrogen functional groups attached to an aromatic ring is 1. The number of hydrogen-bond acceptors (Lipinski definition) is 4. The Morgan fingerprint density at radius 1 is 1.48 bits per heavy atom. The number of rotatable bonds is 4. The van der Waals surface area contributed by atoms with E-state index >= 15 is 0 Å². The molecule has 1 aromatic carbocycles. The minimum Gasteiger partial charge on any atom is -0.481 e. The lowest BCUT2D eigenvalue weighted by atomic mass is 9.73. The van der Waals surface area contributed by atoms with Gasteiger partial charge in [-0.1, -0.05) is 19.8 Å². The van der Waals surface area contributed by atoms with Crippen molar-refractivity contribution < 1.29 is 14.8 Å². The molecule has 0 radical (unpaired) electrons. The number of carboxylic acid groups (broad SMARTS) is 1. The maximum Gasteiger partial charge on any atom is 0.311 e. The standard InChI is InChI=1S/C15H20N2O4/c1-9-3-2-4-10(7-9)14(15(18)19)12-8-11(17(20)21)5-6-13(12)16/h5-6,8-10,14H,2-4,7,16H2,1H3,(H,18,19). The summed E-state index contributed by atoms with van der Waals surface area (Å²) >= 11 is 0. The normalized spacial score (nSPS) is 23.5. The molecule has 1 saturated carbocycles. The third-order valence-electron chi connectivity index (χ3n) is 4.33. The van der Waals surface area contributed by atoms with Crippen LogP contribution in [0.1, 0.15) is 44.1 Å². The smallest absolute Gasteiger partial charge is 0.311 e. The fraction of sp³-hybridized carbons (Fsp3) is 0.533. The van der Waals surface area contributed by atoms with Crippen LogP contribution in [0.15, 0.2) is 18.2 Å². The highest BCUT2D eigenvalue weighted by molar-refractivity contribution is 5.79. The summed E-state index contributed by atoms with van der Waals surface area (Å²) in [6.45, 7) is 2.11. The van der Waals surface area contributed by atoms with Gasteiger partial charge in [-0.25, -0.2) is 0 Å². The number of nitro groups is 1. The van der Waals surface area contributed by atoms with Gasteiger partial charge in [-0.05, 0) is 36.3 Å². The summed E-state index contributed by atoms with van der Waals surface area (Å²) in [6, 6.07) is 4.05. The Bertz CT molecular complexity index is 559. The molecule has 1 aliphatic carbocycles. The van der Waals surface area contributed by atoms with Gasteiger partial charge in [0.15, 0.2) is 0 Å². The highest BCUT2D eigenvalue weighted by Gasteiger charge is 2.34. The largest absolute Gasteiger partial charge is 0.481 e. The van der Waals surface area contributed by atoms with Gasteiger partial charge in [0.1, 0.15) is 0 Å². The minimum absolute atomic E-state index is 0.0180. The summed E-state index contributed by atoms with van der Waals surface area (Å²) in [6.07, 6.45) is 3.74. The van der Waals surface area contributed by atoms with Crippen LogP contribution in [0.5, 0.6) is 0 Å².